The first-order valence-electron chi connectivity index (χ1n) is 5.26. The quantitative estimate of drug-likeness (QED) is 0.922. The Hall–Kier alpha value is -1.75. The van der Waals surface area contributed by atoms with Crippen LogP contribution in [-0.2, 0) is 0 Å². The van der Waals surface area contributed by atoms with Crippen molar-refractivity contribution in [3.05, 3.63) is 58.1 Å². The average molecular weight is 309 g/mol. The monoisotopic (exact) mass is 308 g/mol. The molecule has 0 fully saturated rings. The van der Waals surface area contributed by atoms with Crippen LogP contribution in [0.2, 0.25) is 0 Å². The Balaban J connectivity index is 2.25. The van der Waals surface area contributed by atoms with E-state index in [1.807, 2.05) is 0 Å². The van der Waals surface area contributed by atoms with Crippen molar-refractivity contribution in [2.24, 2.45) is 0 Å². The Kier molecular flexibility index (Phi) is 3.72. The Morgan fingerprint density at radius 3 is 2.83 bits per heavy atom. The number of aromatic nitrogens is 1. The number of carbonyl (C=O) groups is 1. The van der Waals surface area contributed by atoms with Crippen molar-refractivity contribution in [3.8, 4) is 0 Å². The number of rotatable bonds is 2. The first kappa shape index (κ1) is 12.7. The van der Waals surface area contributed by atoms with Crippen molar-refractivity contribution in [2.45, 2.75) is 6.92 Å². The van der Waals surface area contributed by atoms with E-state index in [2.05, 4.69) is 26.2 Å². The Morgan fingerprint density at radius 2 is 2.17 bits per heavy atom. The predicted octanol–water partition coefficient (Wildman–Crippen LogP) is 3.54. The van der Waals surface area contributed by atoms with Crippen molar-refractivity contribution in [3.63, 3.8) is 0 Å². The molecule has 2 rings (SSSR count). The Bertz CT molecular complexity index is 601. The number of amides is 1. The lowest BCUT2D eigenvalue weighted by molar-refractivity contribution is 0.102. The molecule has 5 heteroatoms. The molecule has 2 aromatic rings. The van der Waals surface area contributed by atoms with Gasteiger partial charge in [-0.25, -0.2) is 4.39 Å². The summed E-state index contributed by atoms with van der Waals surface area (Å²) in [4.78, 5) is 16.1. The molecule has 0 bridgehead atoms. The lowest BCUT2D eigenvalue weighted by Gasteiger charge is -2.08. The zero-order chi connectivity index (χ0) is 13.1. The third kappa shape index (κ3) is 2.73. The molecule has 0 atom stereocenters. The zero-order valence-corrected chi connectivity index (χ0v) is 11.2. The molecule has 0 aliphatic carbocycles. The number of aryl methyl sites for hydroxylation is 1. The second kappa shape index (κ2) is 5.27. The SMILES string of the molecule is Cc1ncccc1NC(=O)c1ccc(F)cc1Br. The van der Waals surface area contributed by atoms with Gasteiger partial charge in [-0.3, -0.25) is 9.78 Å². The maximum Gasteiger partial charge on any atom is 0.256 e. The lowest BCUT2D eigenvalue weighted by Crippen LogP contribution is -2.13. The van der Waals surface area contributed by atoms with Crippen molar-refractivity contribution < 1.29 is 9.18 Å². The third-order valence-electron chi connectivity index (χ3n) is 2.43. The van der Waals surface area contributed by atoms with E-state index in [0.717, 1.165) is 5.69 Å². The van der Waals surface area contributed by atoms with E-state index in [9.17, 15) is 9.18 Å². The molecule has 18 heavy (non-hydrogen) atoms. The van der Waals surface area contributed by atoms with E-state index in [1.54, 1.807) is 25.3 Å². The minimum absolute atomic E-state index is 0.307. The minimum Gasteiger partial charge on any atom is -0.320 e. The number of pyridine rings is 1. The van der Waals surface area contributed by atoms with Gasteiger partial charge < -0.3 is 5.32 Å². The van der Waals surface area contributed by atoms with Crippen LogP contribution in [0, 0.1) is 12.7 Å². The first-order chi connectivity index (χ1) is 8.58. The van der Waals surface area contributed by atoms with E-state index in [4.69, 9.17) is 0 Å². The second-order valence-corrected chi connectivity index (χ2v) is 4.57. The summed E-state index contributed by atoms with van der Waals surface area (Å²) < 4.78 is 13.3. The number of hydrogen-bond donors (Lipinski definition) is 1. The van der Waals surface area contributed by atoms with Gasteiger partial charge in [0.25, 0.3) is 5.91 Å². The van der Waals surface area contributed by atoms with Crippen LogP contribution in [0.15, 0.2) is 41.0 Å². The molecule has 0 saturated heterocycles. The van der Waals surface area contributed by atoms with Gasteiger partial charge in [-0.15, -0.1) is 0 Å². The summed E-state index contributed by atoms with van der Waals surface area (Å²) in [6.07, 6.45) is 1.65. The van der Waals surface area contributed by atoms with Crippen molar-refractivity contribution >= 4 is 27.5 Å². The molecule has 1 aromatic heterocycles. The van der Waals surface area contributed by atoms with Crippen molar-refractivity contribution in [1.29, 1.82) is 0 Å². The van der Waals surface area contributed by atoms with Crippen molar-refractivity contribution in [1.82, 2.24) is 4.98 Å². The van der Waals surface area contributed by atoms with Crippen LogP contribution in [0.3, 0.4) is 0 Å². The molecule has 1 aromatic carbocycles. The van der Waals surface area contributed by atoms with E-state index < -0.39 is 5.82 Å². The predicted molar refractivity (Wildman–Crippen MR) is 71.0 cm³/mol. The summed E-state index contributed by atoms with van der Waals surface area (Å²) in [5.74, 6) is -0.700. The van der Waals surface area contributed by atoms with Crippen LogP contribution in [0.5, 0.6) is 0 Å². The Labute approximate surface area is 112 Å². The minimum atomic E-state index is -0.393. The highest BCUT2D eigenvalue weighted by Crippen LogP contribution is 2.20. The average Bonchev–Trinajstić information content (AvgIpc) is 2.32. The maximum atomic E-state index is 12.9. The number of hydrogen-bond acceptors (Lipinski definition) is 2. The maximum absolute atomic E-state index is 12.9. The highest BCUT2D eigenvalue weighted by atomic mass is 79.9. The van der Waals surface area contributed by atoms with Gasteiger partial charge in [-0.1, -0.05) is 0 Å². The van der Waals surface area contributed by atoms with E-state index in [-0.39, 0.29) is 5.91 Å². The molecule has 0 spiro atoms. The molecule has 1 heterocycles. The molecule has 0 unspecified atom stereocenters. The summed E-state index contributed by atoms with van der Waals surface area (Å²) in [5.41, 5.74) is 1.74. The molecule has 92 valence electrons. The number of carbonyl (C=O) groups excluding carboxylic acids is 1. The molecule has 0 radical (unpaired) electrons. The number of halogens is 2. The first-order valence-corrected chi connectivity index (χ1v) is 6.05. The number of anilines is 1. The molecule has 3 nitrogen and oxygen atoms in total. The zero-order valence-electron chi connectivity index (χ0n) is 9.58. The highest BCUT2D eigenvalue weighted by Gasteiger charge is 2.11. The van der Waals surface area contributed by atoms with Crippen LogP contribution in [0.25, 0.3) is 0 Å². The molecule has 0 saturated carbocycles. The number of benzene rings is 1. The summed E-state index contributed by atoms with van der Waals surface area (Å²) >= 11 is 3.16. The van der Waals surface area contributed by atoms with Gasteiger partial charge in [-0.05, 0) is 53.2 Å². The molecule has 0 aliphatic rings. The summed E-state index contributed by atoms with van der Waals surface area (Å²) in [5, 5.41) is 2.73. The van der Waals surface area contributed by atoms with Gasteiger partial charge >= 0.3 is 0 Å². The molecule has 1 N–H and O–H groups in total. The molecule has 1 amide bonds. The fourth-order valence-corrected chi connectivity index (χ4v) is 2.01. The van der Waals surface area contributed by atoms with Gasteiger partial charge in [0.1, 0.15) is 5.82 Å². The summed E-state index contributed by atoms with van der Waals surface area (Å²) in [6, 6.07) is 7.43. The van der Waals surface area contributed by atoms with E-state index in [1.165, 1.54) is 18.2 Å². The van der Waals surface area contributed by atoms with Gasteiger partial charge in [0.2, 0.25) is 0 Å². The second-order valence-electron chi connectivity index (χ2n) is 3.71. The number of nitrogens with zero attached hydrogens (tertiary/aromatic N) is 1. The fourth-order valence-electron chi connectivity index (χ4n) is 1.48. The molecule has 0 aliphatic heterocycles. The van der Waals surface area contributed by atoms with Crippen LogP contribution in [0.4, 0.5) is 10.1 Å². The van der Waals surface area contributed by atoms with Gasteiger partial charge in [0.15, 0.2) is 0 Å². The van der Waals surface area contributed by atoms with E-state index >= 15 is 0 Å². The lowest BCUT2D eigenvalue weighted by atomic mass is 10.2. The van der Waals surface area contributed by atoms with Crippen LogP contribution in [0.1, 0.15) is 16.1 Å². The van der Waals surface area contributed by atoms with Crippen molar-refractivity contribution in [2.75, 3.05) is 5.32 Å². The topological polar surface area (TPSA) is 42.0 Å². The van der Waals surface area contributed by atoms with Crippen LogP contribution in [-0.4, -0.2) is 10.9 Å². The van der Waals surface area contributed by atoms with E-state index in [0.29, 0.717) is 15.7 Å². The highest BCUT2D eigenvalue weighted by molar-refractivity contribution is 9.10. The van der Waals surface area contributed by atoms with Gasteiger partial charge in [-0.2, -0.15) is 0 Å². The van der Waals surface area contributed by atoms with Crippen LogP contribution >= 0.6 is 15.9 Å². The largest absolute Gasteiger partial charge is 0.320 e. The smallest absolute Gasteiger partial charge is 0.256 e. The Morgan fingerprint density at radius 1 is 1.39 bits per heavy atom. The number of nitrogens with one attached hydrogen (secondary N) is 1. The molecular weight excluding hydrogens is 299 g/mol. The normalized spacial score (nSPS) is 10.2. The van der Waals surface area contributed by atoms with Gasteiger partial charge in [0.05, 0.1) is 16.9 Å². The summed E-state index contributed by atoms with van der Waals surface area (Å²) in [7, 11) is 0. The third-order valence-corrected chi connectivity index (χ3v) is 3.09. The van der Waals surface area contributed by atoms with Crippen LogP contribution < -0.4 is 5.32 Å². The summed E-state index contributed by atoms with van der Waals surface area (Å²) in [6.45, 7) is 1.80. The standard InChI is InChI=1S/C13H10BrFN2O/c1-8-12(3-2-6-16-8)17-13(18)10-5-4-9(15)7-11(10)14/h2-7H,1H3,(H,17,18). The fraction of sp³-hybridized carbons (Fsp3) is 0.0769. The molecular formula is C13H10BrFN2O. The van der Waals surface area contributed by atoms with Gasteiger partial charge in [0, 0.05) is 10.7 Å².